The van der Waals surface area contributed by atoms with Crippen LogP contribution >= 0.6 is 11.8 Å². The van der Waals surface area contributed by atoms with E-state index in [0.717, 1.165) is 29.0 Å². The average Bonchev–Trinajstić information content (AvgIpc) is 2.62. The van der Waals surface area contributed by atoms with Crippen LogP contribution in [0.4, 0.5) is 0 Å². The standard InChI is InChI=1S/C13H24N2OS/c1-5-7-12(14-8-6-2)9-17-13-15-10(3)11(4)16-13/h12,14H,5-9H2,1-4H3. The molecule has 1 aromatic heterocycles. The van der Waals surface area contributed by atoms with Gasteiger partial charge in [0.05, 0.1) is 5.69 Å². The molecule has 1 rings (SSSR count). The Hall–Kier alpha value is -0.480. The lowest BCUT2D eigenvalue weighted by Gasteiger charge is -2.16. The fraction of sp³-hybridized carbons (Fsp3) is 0.769. The van der Waals surface area contributed by atoms with Crippen molar-refractivity contribution in [2.75, 3.05) is 12.3 Å². The molecule has 0 aromatic carbocycles. The molecule has 0 saturated heterocycles. The van der Waals surface area contributed by atoms with Crippen molar-refractivity contribution in [2.24, 2.45) is 0 Å². The maximum atomic E-state index is 5.57. The Morgan fingerprint density at radius 2 is 2.06 bits per heavy atom. The number of nitrogens with zero attached hydrogens (tertiary/aromatic N) is 1. The monoisotopic (exact) mass is 256 g/mol. The maximum absolute atomic E-state index is 5.57. The molecule has 0 amide bonds. The van der Waals surface area contributed by atoms with Crippen molar-refractivity contribution in [1.82, 2.24) is 10.3 Å². The van der Waals surface area contributed by atoms with Crippen LogP contribution in [-0.2, 0) is 0 Å². The number of oxazole rings is 1. The Balaban J connectivity index is 2.39. The summed E-state index contributed by atoms with van der Waals surface area (Å²) in [6, 6.07) is 0.567. The van der Waals surface area contributed by atoms with E-state index >= 15 is 0 Å². The minimum absolute atomic E-state index is 0.567. The molecular weight excluding hydrogens is 232 g/mol. The molecule has 1 aromatic rings. The topological polar surface area (TPSA) is 38.1 Å². The van der Waals surface area contributed by atoms with Gasteiger partial charge in [-0.3, -0.25) is 0 Å². The Labute approximate surface area is 109 Å². The van der Waals surface area contributed by atoms with Crippen LogP contribution in [0.15, 0.2) is 9.64 Å². The van der Waals surface area contributed by atoms with E-state index in [0.29, 0.717) is 6.04 Å². The third kappa shape index (κ3) is 5.13. The highest BCUT2D eigenvalue weighted by Crippen LogP contribution is 2.21. The first kappa shape index (κ1) is 14.6. The van der Waals surface area contributed by atoms with E-state index in [1.54, 1.807) is 11.8 Å². The summed E-state index contributed by atoms with van der Waals surface area (Å²) in [4.78, 5) is 4.39. The van der Waals surface area contributed by atoms with Gasteiger partial charge in [-0.05, 0) is 33.2 Å². The number of aryl methyl sites for hydroxylation is 2. The van der Waals surface area contributed by atoms with E-state index in [9.17, 15) is 0 Å². The second kappa shape index (κ2) is 7.77. The normalized spacial score (nSPS) is 12.9. The number of nitrogens with one attached hydrogen (secondary N) is 1. The Kier molecular flexibility index (Phi) is 6.66. The lowest BCUT2D eigenvalue weighted by Crippen LogP contribution is -2.31. The lowest BCUT2D eigenvalue weighted by molar-refractivity contribution is 0.429. The smallest absolute Gasteiger partial charge is 0.256 e. The van der Waals surface area contributed by atoms with Crippen LogP contribution in [0.3, 0.4) is 0 Å². The number of rotatable bonds is 8. The quantitative estimate of drug-likeness (QED) is 0.722. The van der Waals surface area contributed by atoms with E-state index in [1.165, 1.54) is 19.3 Å². The summed E-state index contributed by atoms with van der Waals surface area (Å²) in [6.07, 6.45) is 3.61. The first-order chi connectivity index (χ1) is 8.17. The van der Waals surface area contributed by atoms with Gasteiger partial charge in [0.2, 0.25) is 0 Å². The van der Waals surface area contributed by atoms with E-state index in [1.807, 2.05) is 13.8 Å². The van der Waals surface area contributed by atoms with E-state index in [2.05, 4.69) is 24.1 Å². The predicted octanol–water partition coefficient (Wildman–Crippen LogP) is 3.55. The molecule has 0 fully saturated rings. The van der Waals surface area contributed by atoms with Gasteiger partial charge in [0.15, 0.2) is 0 Å². The molecular formula is C13H24N2OS. The van der Waals surface area contributed by atoms with E-state index < -0.39 is 0 Å². The van der Waals surface area contributed by atoms with Gasteiger partial charge in [-0.25, -0.2) is 4.98 Å². The van der Waals surface area contributed by atoms with Crippen LogP contribution in [0.25, 0.3) is 0 Å². The van der Waals surface area contributed by atoms with Gasteiger partial charge in [-0.15, -0.1) is 0 Å². The van der Waals surface area contributed by atoms with Gasteiger partial charge in [0, 0.05) is 11.8 Å². The minimum atomic E-state index is 0.567. The number of hydrogen-bond donors (Lipinski definition) is 1. The fourth-order valence-electron chi connectivity index (χ4n) is 1.62. The number of hydrogen-bond acceptors (Lipinski definition) is 4. The SMILES string of the molecule is CCCNC(CCC)CSc1nc(C)c(C)o1. The summed E-state index contributed by atoms with van der Waals surface area (Å²) in [6.45, 7) is 9.47. The number of thioether (sulfide) groups is 1. The summed E-state index contributed by atoms with van der Waals surface area (Å²) in [5.41, 5.74) is 1.00. The molecule has 0 spiro atoms. The molecule has 0 saturated carbocycles. The minimum Gasteiger partial charge on any atom is -0.437 e. The van der Waals surface area contributed by atoms with E-state index in [-0.39, 0.29) is 0 Å². The van der Waals surface area contributed by atoms with Gasteiger partial charge in [-0.2, -0.15) is 0 Å². The van der Waals surface area contributed by atoms with Crippen molar-refractivity contribution in [3.05, 3.63) is 11.5 Å². The first-order valence-electron chi connectivity index (χ1n) is 6.47. The molecule has 0 aliphatic carbocycles. The number of aromatic nitrogens is 1. The van der Waals surface area contributed by atoms with Crippen molar-refractivity contribution in [2.45, 2.75) is 58.2 Å². The molecule has 1 unspecified atom stereocenters. The van der Waals surface area contributed by atoms with Crippen molar-refractivity contribution >= 4 is 11.8 Å². The highest BCUT2D eigenvalue weighted by Gasteiger charge is 2.11. The Morgan fingerprint density at radius 3 is 2.59 bits per heavy atom. The van der Waals surface area contributed by atoms with Crippen LogP contribution < -0.4 is 5.32 Å². The third-order valence-corrected chi connectivity index (χ3v) is 3.73. The first-order valence-corrected chi connectivity index (χ1v) is 7.46. The molecule has 0 aliphatic rings. The summed E-state index contributed by atoms with van der Waals surface area (Å²) in [5, 5.41) is 4.38. The molecule has 1 heterocycles. The average molecular weight is 256 g/mol. The molecule has 98 valence electrons. The van der Waals surface area contributed by atoms with Gasteiger partial charge in [-0.1, -0.05) is 32.0 Å². The molecule has 1 atom stereocenters. The maximum Gasteiger partial charge on any atom is 0.256 e. The van der Waals surface area contributed by atoms with Gasteiger partial charge in [0.1, 0.15) is 5.76 Å². The predicted molar refractivity (Wildman–Crippen MR) is 73.7 cm³/mol. The van der Waals surface area contributed by atoms with E-state index in [4.69, 9.17) is 4.42 Å². The largest absolute Gasteiger partial charge is 0.437 e. The van der Waals surface area contributed by atoms with Crippen molar-refractivity contribution < 1.29 is 4.42 Å². The molecule has 0 bridgehead atoms. The molecule has 0 radical (unpaired) electrons. The molecule has 1 N–H and O–H groups in total. The molecule has 17 heavy (non-hydrogen) atoms. The van der Waals surface area contributed by atoms with Crippen LogP contribution in [0, 0.1) is 13.8 Å². The van der Waals surface area contributed by atoms with Crippen molar-refractivity contribution in [1.29, 1.82) is 0 Å². The van der Waals surface area contributed by atoms with Crippen LogP contribution in [-0.4, -0.2) is 23.3 Å². The van der Waals surface area contributed by atoms with Gasteiger partial charge >= 0.3 is 0 Å². The zero-order valence-corrected chi connectivity index (χ0v) is 12.2. The summed E-state index contributed by atoms with van der Waals surface area (Å²) in [7, 11) is 0. The summed E-state index contributed by atoms with van der Waals surface area (Å²) in [5.74, 6) is 1.97. The molecule has 3 nitrogen and oxygen atoms in total. The fourth-order valence-corrected chi connectivity index (χ4v) is 2.63. The van der Waals surface area contributed by atoms with Crippen LogP contribution in [0.2, 0.25) is 0 Å². The third-order valence-electron chi connectivity index (χ3n) is 2.74. The summed E-state index contributed by atoms with van der Waals surface area (Å²) < 4.78 is 5.57. The summed E-state index contributed by atoms with van der Waals surface area (Å²) >= 11 is 1.71. The molecule has 0 aliphatic heterocycles. The zero-order valence-electron chi connectivity index (χ0n) is 11.4. The van der Waals surface area contributed by atoms with Crippen molar-refractivity contribution in [3.8, 4) is 0 Å². The highest BCUT2D eigenvalue weighted by molar-refractivity contribution is 7.99. The zero-order chi connectivity index (χ0) is 12.7. The lowest BCUT2D eigenvalue weighted by atomic mass is 10.2. The van der Waals surface area contributed by atoms with Gasteiger partial charge in [0.25, 0.3) is 5.22 Å². The van der Waals surface area contributed by atoms with Crippen LogP contribution in [0.1, 0.15) is 44.6 Å². The second-order valence-corrected chi connectivity index (χ2v) is 5.34. The Bertz CT molecular complexity index is 306. The van der Waals surface area contributed by atoms with Crippen molar-refractivity contribution in [3.63, 3.8) is 0 Å². The second-order valence-electron chi connectivity index (χ2n) is 4.37. The Morgan fingerprint density at radius 1 is 1.29 bits per heavy atom. The molecule has 4 heteroatoms. The highest BCUT2D eigenvalue weighted by atomic mass is 32.2. The van der Waals surface area contributed by atoms with Gasteiger partial charge < -0.3 is 9.73 Å². The van der Waals surface area contributed by atoms with Crippen LogP contribution in [0.5, 0.6) is 0 Å².